The zero-order chi connectivity index (χ0) is 16.3. The normalized spacial score (nSPS) is 11.2. The van der Waals surface area contributed by atoms with Crippen molar-refractivity contribution in [2.45, 2.75) is 11.3 Å². The lowest BCUT2D eigenvalue weighted by Gasteiger charge is -2.11. The maximum absolute atomic E-state index is 11.5. The Labute approximate surface area is 129 Å². The van der Waals surface area contributed by atoms with Gasteiger partial charge in [-0.25, -0.2) is 8.42 Å². The van der Waals surface area contributed by atoms with Gasteiger partial charge in [0.05, 0.1) is 18.4 Å². The van der Waals surface area contributed by atoms with Gasteiger partial charge >= 0.3 is 5.97 Å². The molecule has 0 saturated carbocycles. The van der Waals surface area contributed by atoms with Crippen molar-refractivity contribution in [1.82, 2.24) is 0 Å². The summed E-state index contributed by atoms with van der Waals surface area (Å²) in [5.41, 5.74) is 2.13. The van der Waals surface area contributed by atoms with Crippen molar-refractivity contribution in [2.75, 3.05) is 13.4 Å². The minimum absolute atomic E-state index is 0.0849. The van der Waals surface area contributed by atoms with E-state index in [1.165, 1.54) is 19.2 Å². The molecule has 0 unspecified atom stereocenters. The summed E-state index contributed by atoms with van der Waals surface area (Å²) in [6, 6.07) is 11.5. The summed E-state index contributed by atoms with van der Waals surface area (Å²) >= 11 is 0. The van der Waals surface area contributed by atoms with Crippen molar-refractivity contribution in [3.63, 3.8) is 0 Å². The standard InChI is InChI=1S/C16H16O5S/c1-21-15-8-3-11(10-16(17)18)9-14(15)12-4-6-13(7-5-12)22(2,19)20/h3-9H,10H2,1-2H3,(H,17,18). The van der Waals surface area contributed by atoms with E-state index in [9.17, 15) is 13.2 Å². The predicted octanol–water partition coefficient (Wildman–Crippen LogP) is 2.39. The smallest absolute Gasteiger partial charge is 0.307 e. The van der Waals surface area contributed by atoms with Crippen LogP contribution in [0.25, 0.3) is 11.1 Å². The average Bonchev–Trinajstić information content (AvgIpc) is 2.46. The summed E-state index contributed by atoms with van der Waals surface area (Å²) < 4.78 is 28.3. The predicted molar refractivity (Wildman–Crippen MR) is 82.9 cm³/mol. The highest BCUT2D eigenvalue weighted by Gasteiger charge is 2.11. The Morgan fingerprint density at radius 3 is 2.27 bits per heavy atom. The first kappa shape index (κ1) is 16.0. The highest BCUT2D eigenvalue weighted by molar-refractivity contribution is 7.90. The lowest BCUT2D eigenvalue weighted by Crippen LogP contribution is -2.01. The Balaban J connectivity index is 2.48. The first-order valence-electron chi connectivity index (χ1n) is 6.50. The number of hydrogen-bond acceptors (Lipinski definition) is 4. The van der Waals surface area contributed by atoms with Crippen molar-refractivity contribution in [2.24, 2.45) is 0 Å². The molecule has 0 aliphatic carbocycles. The molecule has 6 heteroatoms. The fourth-order valence-corrected chi connectivity index (χ4v) is 2.78. The van der Waals surface area contributed by atoms with E-state index >= 15 is 0 Å². The summed E-state index contributed by atoms with van der Waals surface area (Å²) in [5, 5.41) is 8.88. The van der Waals surface area contributed by atoms with Crippen LogP contribution in [-0.2, 0) is 21.1 Å². The monoisotopic (exact) mass is 320 g/mol. The second kappa shape index (κ2) is 6.19. The zero-order valence-corrected chi connectivity index (χ0v) is 13.1. The van der Waals surface area contributed by atoms with E-state index < -0.39 is 15.8 Å². The van der Waals surface area contributed by atoms with Gasteiger partial charge < -0.3 is 9.84 Å². The summed E-state index contributed by atoms with van der Waals surface area (Å²) in [6.07, 6.45) is 1.06. The van der Waals surface area contributed by atoms with Crippen LogP contribution in [-0.4, -0.2) is 32.9 Å². The maximum Gasteiger partial charge on any atom is 0.307 e. The third-order valence-corrected chi connectivity index (χ3v) is 4.34. The van der Waals surface area contributed by atoms with Crippen LogP contribution in [0.4, 0.5) is 0 Å². The molecule has 1 N–H and O–H groups in total. The van der Waals surface area contributed by atoms with Gasteiger partial charge in [0.15, 0.2) is 9.84 Å². The van der Waals surface area contributed by atoms with Crippen molar-refractivity contribution in [1.29, 1.82) is 0 Å². The first-order valence-corrected chi connectivity index (χ1v) is 8.39. The van der Waals surface area contributed by atoms with Crippen LogP contribution in [0.5, 0.6) is 5.75 Å². The van der Waals surface area contributed by atoms with Crippen molar-refractivity contribution in [3.05, 3.63) is 48.0 Å². The molecular weight excluding hydrogens is 304 g/mol. The number of benzene rings is 2. The van der Waals surface area contributed by atoms with Crippen molar-refractivity contribution < 1.29 is 23.1 Å². The molecule has 0 heterocycles. The Morgan fingerprint density at radius 2 is 1.77 bits per heavy atom. The van der Waals surface area contributed by atoms with Crippen LogP contribution in [0.15, 0.2) is 47.4 Å². The highest BCUT2D eigenvalue weighted by atomic mass is 32.2. The van der Waals surface area contributed by atoms with Gasteiger partial charge in [-0.05, 0) is 35.4 Å². The topological polar surface area (TPSA) is 80.7 Å². The van der Waals surface area contributed by atoms with Crippen LogP contribution in [0, 0.1) is 0 Å². The lowest BCUT2D eigenvalue weighted by atomic mass is 10.0. The zero-order valence-electron chi connectivity index (χ0n) is 12.2. The molecule has 0 atom stereocenters. The Kier molecular flexibility index (Phi) is 4.51. The summed E-state index contributed by atoms with van der Waals surface area (Å²) in [4.78, 5) is 11.1. The van der Waals surface area contributed by atoms with E-state index in [-0.39, 0.29) is 11.3 Å². The van der Waals surface area contributed by atoms with Crippen LogP contribution in [0.2, 0.25) is 0 Å². The Bertz CT molecular complexity index is 792. The number of carboxylic acids is 1. The molecule has 0 radical (unpaired) electrons. The number of ether oxygens (including phenoxy) is 1. The van der Waals surface area contributed by atoms with Gasteiger partial charge in [-0.3, -0.25) is 4.79 Å². The molecule has 2 rings (SSSR count). The van der Waals surface area contributed by atoms with Gasteiger partial charge in [0.1, 0.15) is 5.75 Å². The Morgan fingerprint density at radius 1 is 1.14 bits per heavy atom. The number of carbonyl (C=O) groups is 1. The molecule has 0 spiro atoms. The van der Waals surface area contributed by atoms with E-state index in [1.807, 2.05) is 0 Å². The Hall–Kier alpha value is -2.34. The summed E-state index contributed by atoms with van der Waals surface area (Å²) in [7, 11) is -1.72. The molecule has 0 aliphatic rings. The van der Waals surface area contributed by atoms with Gasteiger partial charge in [0.2, 0.25) is 0 Å². The molecule has 22 heavy (non-hydrogen) atoms. The SMILES string of the molecule is COc1ccc(CC(=O)O)cc1-c1ccc(S(C)(=O)=O)cc1. The van der Waals surface area contributed by atoms with Crippen LogP contribution < -0.4 is 4.74 Å². The molecule has 2 aromatic carbocycles. The summed E-state index contributed by atoms with van der Waals surface area (Å²) in [5.74, 6) is -0.315. The van der Waals surface area contributed by atoms with E-state index in [0.29, 0.717) is 11.3 Å². The lowest BCUT2D eigenvalue weighted by molar-refractivity contribution is -0.136. The summed E-state index contributed by atoms with van der Waals surface area (Å²) in [6.45, 7) is 0. The van der Waals surface area contributed by atoms with Crippen molar-refractivity contribution >= 4 is 15.8 Å². The number of hydrogen-bond donors (Lipinski definition) is 1. The van der Waals surface area contributed by atoms with Gasteiger partial charge in [-0.1, -0.05) is 18.2 Å². The fraction of sp³-hybridized carbons (Fsp3) is 0.188. The number of methoxy groups -OCH3 is 1. The van der Waals surface area contributed by atoms with Gasteiger partial charge in [-0.2, -0.15) is 0 Å². The first-order chi connectivity index (χ1) is 10.3. The molecule has 5 nitrogen and oxygen atoms in total. The van der Waals surface area contributed by atoms with Crippen LogP contribution >= 0.6 is 0 Å². The minimum atomic E-state index is -3.25. The third-order valence-electron chi connectivity index (χ3n) is 3.21. The van der Waals surface area contributed by atoms with Gasteiger partial charge in [0, 0.05) is 11.8 Å². The van der Waals surface area contributed by atoms with E-state index in [0.717, 1.165) is 17.4 Å². The van der Waals surface area contributed by atoms with Gasteiger partial charge in [-0.15, -0.1) is 0 Å². The number of rotatable bonds is 5. The quantitative estimate of drug-likeness (QED) is 0.915. The molecule has 0 aliphatic heterocycles. The minimum Gasteiger partial charge on any atom is -0.496 e. The molecule has 2 aromatic rings. The number of sulfone groups is 1. The molecule has 0 fully saturated rings. The van der Waals surface area contributed by atoms with Crippen LogP contribution in [0.3, 0.4) is 0 Å². The molecule has 0 bridgehead atoms. The second-order valence-electron chi connectivity index (χ2n) is 4.90. The molecule has 0 amide bonds. The van der Waals surface area contributed by atoms with E-state index in [4.69, 9.17) is 9.84 Å². The number of aliphatic carboxylic acids is 1. The molecule has 0 aromatic heterocycles. The molecule has 116 valence electrons. The maximum atomic E-state index is 11.5. The third kappa shape index (κ3) is 3.65. The average molecular weight is 320 g/mol. The van der Waals surface area contributed by atoms with E-state index in [2.05, 4.69) is 0 Å². The second-order valence-corrected chi connectivity index (χ2v) is 6.92. The largest absolute Gasteiger partial charge is 0.496 e. The molecule has 0 saturated heterocycles. The van der Waals surface area contributed by atoms with E-state index in [1.54, 1.807) is 30.3 Å². The van der Waals surface area contributed by atoms with Crippen molar-refractivity contribution in [3.8, 4) is 16.9 Å². The highest BCUT2D eigenvalue weighted by Crippen LogP contribution is 2.31. The molecular formula is C16H16O5S. The van der Waals surface area contributed by atoms with Gasteiger partial charge in [0.25, 0.3) is 0 Å². The fourth-order valence-electron chi connectivity index (χ4n) is 2.15. The van der Waals surface area contributed by atoms with Crippen LogP contribution in [0.1, 0.15) is 5.56 Å². The number of carboxylic acid groups (broad SMARTS) is 1.